The largest absolute Gasteiger partial charge is 0.487 e. The SMILES string of the molecule is CC.CC(C)(C)C(=O)NCc1ccc(Cl)c(Nc2nc3cc(C(=O)O)c(OCC(F)F)cc3n2CC(F)F)c1. The summed E-state index contributed by atoms with van der Waals surface area (Å²) in [5, 5.41) is 15.4. The molecule has 0 unspecified atom stereocenters. The van der Waals surface area contributed by atoms with E-state index in [1.54, 1.807) is 39.0 Å². The van der Waals surface area contributed by atoms with E-state index in [1.807, 2.05) is 13.8 Å². The number of aromatic carboxylic acids is 1. The number of fused-ring (bicyclic) bond motifs is 1. The van der Waals surface area contributed by atoms with Gasteiger partial charge < -0.3 is 25.0 Å². The molecule has 0 radical (unpaired) electrons. The summed E-state index contributed by atoms with van der Waals surface area (Å²) in [4.78, 5) is 28.1. The van der Waals surface area contributed by atoms with Crippen LogP contribution in [0.2, 0.25) is 5.02 Å². The van der Waals surface area contributed by atoms with E-state index < -0.39 is 48.7 Å². The van der Waals surface area contributed by atoms with Crippen LogP contribution in [0.4, 0.5) is 29.2 Å². The van der Waals surface area contributed by atoms with E-state index in [2.05, 4.69) is 15.6 Å². The number of carboxylic acids is 1. The summed E-state index contributed by atoms with van der Waals surface area (Å²) >= 11 is 6.30. The lowest BCUT2D eigenvalue weighted by atomic mass is 9.95. The summed E-state index contributed by atoms with van der Waals surface area (Å²) in [6.07, 6.45) is -5.69. The second kappa shape index (κ2) is 13.5. The van der Waals surface area contributed by atoms with Crippen molar-refractivity contribution in [2.24, 2.45) is 5.41 Å². The Morgan fingerprint density at radius 2 is 1.77 bits per heavy atom. The molecule has 0 aliphatic heterocycles. The van der Waals surface area contributed by atoms with E-state index >= 15 is 0 Å². The van der Waals surface area contributed by atoms with Crippen molar-refractivity contribution in [3.63, 3.8) is 0 Å². The zero-order valence-corrected chi connectivity index (χ0v) is 22.9. The summed E-state index contributed by atoms with van der Waals surface area (Å²) in [6.45, 7) is 7.58. The minimum Gasteiger partial charge on any atom is -0.487 e. The van der Waals surface area contributed by atoms with E-state index in [4.69, 9.17) is 16.3 Å². The number of carbonyl (C=O) groups is 2. The number of nitrogens with one attached hydrogen (secondary N) is 2. The number of anilines is 2. The molecule has 39 heavy (non-hydrogen) atoms. The molecular formula is C26H31ClF4N4O4. The molecule has 1 amide bonds. The molecule has 0 fully saturated rings. The molecule has 0 atom stereocenters. The Morgan fingerprint density at radius 1 is 1.10 bits per heavy atom. The summed E-state index contributed by atoms with van der Waals surface area (Å²) in [7, 11) is 0. The number of aromatic nitrogens is 2. The zero-order valence-electron chi connectivity index (χ0n) is 22.1. The zero-order chi connectivity index (χ0) is 29.5. The number of halogens is 5. The molecule has 0 spiro atoms. The maximum absolute atomic E-state index is 13.5. The van der Waals surface area contributed by atoms with Crippen LogP contribution in [-0.2, 0) is 17.9 Å². The summed E-state index contributed by atoms with van der Waals surface area (Å²) in [5.41, 5.74) is -0.0210. The normalized spacial score (nSPS) is 11.4. The first kappa shape index (κ1) is 31.7. The number of rotatable bonds is 10. The van der Waals surface area contributed by atoms with Gasteiger partial charge in [-0.2, -0.15) is 0 Å². The first-order chi connectivity index (χ1) is 18.3. The lowest BCUT2D eigenvalue weighted by Gasteiger charge is -2.18. The van der Waals surface area contributed by atoms with Crippen LogP contribution in [0, 0.1) is 5.41 Å². The Balaban J connectivity index is 0.00000260. The van der Waals surface area contributed by atoms with Gasteiger partial charge >= 0.3 is 5.97 Å². The van der Waals surface area contributed by atoms with Crippen LogP contribution in [0.15, 0.2) is 30.3 Å². The third kappa shape index (κ3) is 8.47. The predicted molar refractivity (Wildman–Crippen MR) is 142 cm³/mol. The van der Waals surface area contributed by atoms with Crippen molar-refractivity contribution >= 4 is 46.1 Å². The fourth-order valence-electron chi connectivity index (χ4n) is 3.36. The molecule has 0 saturated heterocycles. The van der Waals surface area contributed by atoms with Crippen molar-refractivity contribution in [1.82, 2.24) is 14.9 Å². The molecule has 0 bridgehead atoms. The molecule has 1 heterocycles. The lowest BCUT2D eigenvalue weighted by molar-refractivity contribution is -0.128. The third-order valence-corrected chi connectivity index (χ3v) is 5.51. The van der Waals surface area contributed by atoms with Gasteiger partial charge in [0.15, 0.2) is 0 Å². The van der Waals surface area contributed by atoms with Crippen LogP contribution >= 0.6 is 11.6 Å². The van der Waals surface area contributed by atoms with E-state index in [9.17, 15) is 32.3 Å². The smallest absolute Gasteiger partial charge is 0.339 e. The van der Waals surface area contributed by atoms with Gasteiger partial charge in [0.05, 0.1) is 28.3 Å². The molecule has 3 aromatic rings. The monoisotopic (exact) mass is 574 g/mol. The minimum atomic E-state index is -2.87. The standard InChI is InChI=1S/C24H25ClF4N4O4.C2H6/c1-24(2,3)22(36)30-9-12-4-5-14(25)15(6-12)31-23-32-16-7-13(21(34)35)18(37-11-20(28)29)8-17(16)33(23)10-19(26)27;1-2/h4-8,19-20H,9-11H2,1-3H3,(H,30,36)(H,31,32)(H,34,35);1-2H3. The highest BCUT2D eigenvalue weighted by Crippen LogP contribution is 2.32. The minimum absolute atomic E-state index is 0.0228. The van der Waals surface area contributed by atoms with Crippen LogP contribution in [0.25, 0.3) is 11.0 Å². The molecule has 0 aliphatic carbocycles. The average Bonchev–Trinajstić information content (AvgIpc) is 3.18. The lowest BCUT2D eigenvalue weighted by Crippen LogP contribution is -2.34. The predicted octanol–water partition coefficient (Wildman–Crippen LogP) is 6.73. The Kier molecular flexibility index (Phi) is 11.0. The Morgan fingerprint density at radius 3 is 2.33 bits per heavy atom. The van der Waals surface area contributed by atoms with Crippen molar-refractivity contribution in [2.45, 2.75) is 60.6 Å². The highest BCUT2D eigenvalue weighted by atomic mass is 35.5. The molecule has 0 aliphatic rings. The van der Waals surface area contributed by atoms with Gasteiger partial charge in [-0.25, -0.2) is 27.3 Å². The van der Waals surface area contributed by atoms with Gasteiger partial charge in [0.1, 0.15) is 17.9 Å². The van der Waals surface area contributed by atoms with Crippen LogP contribution in [0.5, 0.6) is 5.75 Å². The Hall–Kier alpha value is -3.54. The molecule has 13 heteroatoms. The fourth-order valence-corrected chi connectivity index (χ4v) is 3.52. The van der Waals surface area contributed by atoms with Gasteiger partial charge in [0.25, 0.3) is 12.9 Å². The molecule has 1 aromatic heterocycles. The van der Waals surface area contributed by atoms with Crippen molar-refractivity contribution < 1.29 is 37.0 Å². The van der Waals surface area contributed by atoms with E-state index in [0.717, 1.165) is 16.7 Å². The topological polar surface area (TPSA) is 105 Å². The number of alkyl halides is 4. The third-order valence-electron chi connectivity index (χ3n) is 5.18. The van der Waals surface area contributed by atoms with Crippen molar-refractivity contribution in [3.05, 3.63) is 46.5 Å². The maximum atomic E-state index is 13.5. The van der Waals surface area contributed by atoms with Gasteiger partial charge in [-0.15, -0.1) is 0 Å². The number of hydrogen-bond donors (Lipinski definition) is 3. The fraction of sp³-hybridized carbons (Fsp3) is 0.423. The molecule has 3 rings (SSSR count). The highest BCUT2D eigenvalue weighted by molar-refractivity contribution is 6.33. The van der Waals surface area contributed by atoms with Gasteiger partial charge in [-0.05, 0) is 23.8 Å². The van der Waals surface area contributed by atoms with E-state index in [-0.39, 0.29) is 34.5 Å². The van der Waals surface area contributed by atoms with Crippen LogP contribution in [-0.4, -0.2) is 46.0 Å². The van der Waals surface area contributed by atoms with Gasteiger partial charge in [0, 0.05) is 18.0 Å². The average molecular weight is 575 g/mol. The summed E-state index contributed by atoms with van der Waals surface area (Å²) in [6, 6.07) is 7.00. The quantitative estimate of drug-likeness (QED) is 0.232. The second-order valence-electron chi connectivity index (χ2n) is 9.15. The molecule has 0 saturated carbocycles. The van der Waals surface area contributed by atoms with E-state index in [0.29, 0.717) is 11.3 Å². The Labute approximate surface area is 228 Å². The second-order valence-corrected chi connectivity index (χ2v) is 9.56. The summed E-state index contributed by atoms with van der Waals surface area (Å²) < 4.78 is 58.2. The number of carboxylic acid groups (broad SMARTS) is 1. The summed E-state index contributed by atoms with van der Waals surface area (Å²) in [5.74, 6) is -2.13. The number of hydrogen-bond acceptors (Lipinski definition) is 5. The molecule has 2 aromatic carbocycles. The van der Waals surface area contributed by atoms with Gasteiger partial charge in [-0.3, -0.25) is 4.79 Å². The van der Waals surface area contributed by atoms with E-state index in [1.165, 1.54) is 0 Å². The van der Waals surface area contributed by atoms with Crippen LogP contribution in [0.1, 0.15) is 50.5 Å². The number of carbonyl (C=O) groups excluding carboxylic acids is 1. The first-order valence-corrected chi connectivity index (χ1v) is 12.4. The molecule has 8 nitrogen and oxygen atoms in total. The van der Waals surface area contributed by atoms with Crippen LogP contribution in [0.3, 0.4) is 0 Å². The highest BCUT2D eigenvalue weighted by Gasteiger charge is 2.23. The van der Waals surface area contributed by atoms with Crippen LogP contribution < -0.4 is 15.4 Å². The number of amides is 1. The molecule has 3 N–H and O–H groups in total. The first-order valence-electron chi connectivity index (χ1n) is 12.1. The number of ether oxygens (including phenoxy) is 1. The van der Waals surface area contributed by atoms with Crippen molar-refractivity contribution in [3.8, 4) is 5.75 Å². The van der Waals surface area contributed by atoms with Gasteiger partial charge in [-0.1, -0.05) is 52.3 Å². The van der Waals surface area contributed by atoms with Crippen molar-refractivity contribution in [2.75, 3.05) is 11.9 Å². The number of nitrogens with zero attached hydrogens (tertiary/aromatic N) is 2. The maximum Gasteiger partial charge on any atom is 0.339 e. The van der Waals surface area contributed by atoms with Gasteiger partial charge in [0.2, 0.25) is 11.9 Å². The molecular weight excluding hydrogens is 544 g/mol. The number of benzene rings is 2. The molecule has 214 valence electrons. The Bertz CT molecular complexity index is 1310. The number of imidazole rings is 1. The van der Waals surface area contributed by atoms with Crippen molar-refractivity contribution in [1.29, 1.82) is 0 Å².